The van der Waals surface area contributed by atoms with Crippen LogP contribution in [0.1, 0.15) is 0 Å². The Kier molecular flexibility index (Phi) is 2.38. The highest BCUT2D eigenvalue weighted by molar-refractivity contribution is 4.83. The minimum absolute atomic E-state index is 0.00659. The first kappa shape index (κ1) is 8.39. The Morgan fingerprint density at radius 2 is 2.18 bits per heavy atom. The van der Waals surface area contributed by atoms with E-state index in [1.165, 1.54) is 0 Å². The Balaban J connectivity index is 2.04. The lowest BCUT2D eigenvalue weighted by Crippen LogP contribution is -2.02. The zero-order chi connectivity index (χ0) is 8.32. The summed E-state index contributed by atoms with van der Waals surface area (Å²) in [5.41, 5.74) is 0. The Bertz CT molecular complexity index is 148. The van der Waals surface area contributed by atoms with Gasteiger partial charge in [-0.15, -0.1) is 0 Å². The third-order valence-electron chi connectivity index (χ3n) is 1.04. The summed E-state index contributed by atoms with van der Waals surface area (Å²) in [5.74, 6) is 0. The average molecular weight is 168 g/mol. The van der Waals surface area contributed by atoms with Crippen LogP contribution in [0.2, 0.25) is 0 Å². The molecule has 1 saturated heterocycles. The molecular formula is C6H7F3O2. The number of halogens is 3. The fourth-order valence-corrected chi connectivity index (χ4v) is 0.452. The van der Waals surface area contributed by atoms with Gasteiger partial charge in [0.15, 0.2) is 0 Å². The van der Waals surface area contributed by atoms with Crippen LogP contribution in [0.3, 0.4) is 0 Å². The lowest BCUT2D eigenvalue weighted by molar-refractivity contribution is -0.0817. The van der Waals surface area contributed by atoms with Crippen molar-refractivity contribution in [2.75, 3.05) is 13.2 Å². The molecule has 1 aliphatic rings. The number of hydrogen-bond donors (Lipinski definition) is 0. The van der Waals surface area contributed by atoms with Crippen molar-refractivity contribution < 1.29 is 22.6 Å². The molecular weight excluding hydrogens is 161 g/mol. The van der Waals surface area contributed by atoms with Crippen molar-refractivity contribution in [1.82, 2.24) is 0 Å². The van der Waals surface area contributed by atoms with Crippen LogP contribution in [0.5, 0.6) is 0 Å². The molecule has 1 aliphatic heterocycles. The average Bonchev–Trinajstić information content (AvgIpc) is 2.60. The molecule has 1 heterocycles. The zero-order valence-electron chi connectivity index (χ0n) is 5.60. The van der Waals surface area contributed by atoms with E-state index in [0.29, 0.717) is 12.9 Å². The van der Waals surface area contributed by atoms with E-state index in [1.807, 2.05) is 0 Å². The van der Waals surface area contributed by atoms with Gasteiger partial charge < -0.3 is 9.47 Å². The molecule has 64 valence electrons. The first-order chi connectivity index (χ1) is 5.08. The molecule has 1 unspecified atom stereocenters. The summed E-state index contributed by atoms with van der Waals surface area (Å²) >= 11 is 0. The second-order valence-corrected chi connectivity index (χ2v) is 2.13. The molecule has 5 heteroatoms. The van der Waals surface area contributed by atoms with Crippen molar-refractivity contribution in [3.63, 3.8) is 0 Å². The van der Waals surface area contributed by atoms with Gasteiger partial charge in [0.05, 0.1) is 18.9 Å². The molecule has 11 heavy (non-hydrogen) atoms. The largest absolute Gasteiger partial charge is 0.498 e. The van der Waals surface area contributed by atoms with E-state index in [9.17, 15) is 13.2 Å². The number of rotatable bonds is 3. The smallest absolute Gasteiger partial charge is 0.412 e. The third kappa shape index (κ3) is 4.66. The van der Waals surface area contributed by atoms with Gasteiger partial charge in [-0.3, -0.25) is 0 Å². The minimum atomic E-state index is -4.29. The number of ether oxygens (including phenoxy) is 2. The summed E-state index contributed by atoms with van der Waals surface area (Å²) in [6.45, 7) is 0.784. The van der Waals surface area contributed by atoms with Crippen LogP contribution in [-0.2, 0) is 9.47 Å². The number of hydrogen-bond acceptors (Lipinski definition) is 2. The Labute approximate surface area is 61.6 Å². The molecule has 0 aliphatic carbocycles. The van der Waals surface area contributed by atoms with Crippen molar-refractivity contribution in [3.05, 3.63) is 12.3 Å². The number of epoxide rings is 1. The van der Waals surface area contributed by atoms with Crippen LogP contribution < -0.4 is 0 Å². The quantitative estimate of drug-likeness (QED) is 0.470. The Morgan fingerprint density at radius 3 is 2.64 bits per heavy atom. The first-order valence-electron chi connectivity index (χ1n) is 3.05. The number of allylic oxidation sites excluding steroid dienone is 1. The highest BCUT2D eigenvalue weighted by atomic mass is 19.4. The molecule has 0 aromatic rings. The summed E-state index contributed by atoms with van der Waals surface area (Å²) in [6.07, 6.45) is -3.60. The second-order valence-electron chi connectivity index (χ2n) is 2.13. The van der Waals surface area contributed by atoms with E-state index in [4.69, 9.17) is 4.74 Å². The lowest BCUT2D eigenvalue weighted by atomic mass is 10.5. The maximum Gasteiger partial charge on any atom is 0.412 e. The molecule has 0 aromatic heterocycles. The summed E-state index contributed by atoms with van der Waals surface area (Å²) in [4.78, 5) is 0. The summed E-state index contributed by atoms with van der Waals surface area (Å²) < 4.78 is 43.4. The van der Waals surface area contributed by atoms with Gasteiger partial charge in [0.25, 0.3) is 0 Å². The predicted octanol–water partition coefficient (Wildman–Crippen LogP) is 1.48. The molecule has 0 N–H and O–H groups in total. The molecule has 0 aromatic carbocycles. The predicted molar refractivity (Wildman–Crippen MR) is 30.9 cm³/mol. The zero-order valence-corrected chi connectivity index (χ0v) is 5.60. The van der Waals surface area contributed by atoms with Crippen molar-refractivity contribution in [3.8, 4) is 0 Å². The highest BCUT2D eigenvalue weighted by Gasteiger charge is 2.24. The fraction of sp³-hybridized carbons (Fsp3) is 0.667. The topological polar surface area (TPSA) is 21.8 Å². The van der Waals surface area contributed by atoms with Crippen LogP contribution >= 0.6 is 0 Å². The van der Waals surface area contributed by atoms with Gasteiger partial charge in [0, 0.05) is 0 Å². The van der Waals surface area contributed by atoms with Crippen LogP contribution in [0.25, 0.3) is 0 Å². The molecule has 1 rings (SSSR count). The Hall–Kier alpha value is -0.710. The van der Waals surface area contributed by atoms with Gasteiger partial charge in [-0.1, -0.05) is 0 Å². The van der Waals surface area contributed by atoms with Crippen LogP contribution in [0, 0.1) is 0 Å². The molecule has 0 amide bonds. The molecule has 0 saturated carbocycles. The van der Waals surface area contributed by atoms with E-state index < -0.39 is 6.18 Å². The standard InChI is InChI=1S/C6H7F3O2/c7-6(8,9)1-2-10-3-5-4-11-5/h1-2,5H,3-4H2. The summed E-state index contributed by atoms with van der Waals surface area (Å²) in [6, 6.07) is 0. The first-order valence-corrected chi connectivity index (χ1v) is 3.05. The molecule has 0 bridgehead atoms. The summed E-state index contributed by atoms with van der Waals surface area (Å²) in [7, 11) is 0. The molecule has 2 nitrogen and oxygen atoms in total. The minimum Gasteiger partial charge on any atom is -0.498 e. The van der Waals surface area contributed by atoms with Gasteiger partial charge in [0.2, 0.25) is 0 Å². The van der Waals surface area contributed by atoms with Gasteiger partial charge in [0.1, 0.15) is 12.7 Å². The van der Waals surface area contributed by atoms with Gasteiger partial charge in [-0.25, -0.2) is 0 Å². The third-order valence-corrected chi connectivity index (χ3v) is 1.04. The van der Waals surface area contributed by atoms with Crippen molar-refractivity contribution in [2.24, 2.45) is 0 Å². The maximum absolute atomic E-state index is 11.4. The molecule has 1 fully saturated rings. The van der Waals surface area contributed by atoms with Gasteiger partial charge >= 0.3 is 6.18 Å². The number of alkyl halides is 3. The summed E-state index contributed by atoms with van der Waals surface area (Å²) in [5, 5.41) is 0. The van der Waals surface area contributed by atoms with Crippen LogP contribution in [0.4, 0.5) is 13.2 Å². The lowest BCUT2D eigenvalue weighted by Gasteiger charge is -1.98. The van der Waals surface area contributed by atoms with Crippen LogP contribution in [-0.4, -0.2) is 25.5 Å². The van der Waals surface area contributed by atoms with Crippen LogP contribution in [0.15, 0.2) is 12.3 Å². The SMILES string of the molecule is FC(F)(F)C=COCC1CO1. The Morgan fingerprint density at radius 1 is 1.55 bits per heavy atom. The van der Waals surface area contributed by atoms with Crippen molar-refractivity contribution >= 4 is 0 Å². The van der Waals surface area contributed by atoms with E-state index >= 15 is 0 Å². The van der Waals surface area contributed by atoms with E-state index in [1.54, 1.807) is 0 Å². The van der Waals surface area contributed by atoms with E-state index in [-0.39, 0.29) is 18.8 Å². The molecule has 1 atom stereocenters. The van der Waals surface area contributed by atoms with E-state index in [0.717, 1.165) is 0 Å². The molecule has 0 radical (unpaired) electrons. The second kappa shape index (κ2) is 3.13. The van der Waals surface area contributed by atoms with Crippen molar-refractivity contribution in [1.29, 1.82) is 0 Å². The highest BCUT2D eigenvalue weighted by Crippen LogP contribution is 2.16. The van der Waals surface area contributed by atoms with Crippen molar-refractivity contribution in [2.45, 2.75) is 12.3 Å². The molecule has 0 spiro atoms. The van der Waals surface area contributed by atoms with Gasteiger partial charge in [-0.05, 0) is 0 Å². The van der Waals surface area contributed by atoms with E-state index in [2.05, 4.69) is 4.74 Å². The fourth-order valence-electron chi connectivity index (χ4n) is 0.452. The van der Waals surface area contributed by atoms with Gasteiger partial charge in [-0.2, -0.15) is 13.2 Å². The maximum atomic E-state index is 11.4. The normalized spacial score (nSPS) is 24.1. The monoisotopic (exact) mass is 168 g/mol.